The first-order valence-corrected chi connectivity index (χ1v) is 8.16. The van der Waals surface area contributed by atoms with E-state index in [9.17, 15) is 13.2 Å². The van der Waals surface area contributed by atoms with Crippen LogP contribution in [0.1, 0.15) is 36.0 Å². The van der Waals surface area contributed by atoms with Gasteiger partial charge in [0, 0.05) is 18.5 Å². The normalized spacial score (nSPS) is 18.4. The van der Waals surface area contributed by atoms with Crippen LogP contribution in [0.15, 0.2) is 15.7 Å². The highest BCUT2D eigenvalue weighted by atomic mass is 32.2. The van der Waals surface area contributed by atoms with Gasteiger partial charge in [0.15, 0.2) is 0 Å². The van der Waals surface area contributed by atoms with Crippen molar-refractivity contribution in [3.05, 3.63) is 17.0 Å². The highest BCUT2D eigenvalue weighted by Gasteiger charge is 2.27. The Labute approximate surface area is 110 Å². The van der Waals surface area contributed by atoms with Crippen LogP contribution in [0.4, 0.5) is 0 Å². The highest BCUT2D eigenvalue weighted by Crippen LogP contribution is 2.25. The predicted octanol–water partition coefficient (Wildman–Crippen LogP) is 2.01. The Morgan fingerprint density at radius 3 is 2.33 bits per heavy atom. The van der Waals surface area contributed by atoms with E-state index in [0.29, 0.717) is 13.1 Å². The molecule has 0 amide bonds. The first kappa shape index (κ1) is 13.5. The number of nitrogens with zero attached hydrogens (tertiary/aromatic N) is 1. The third-order valence-corrected chi connectivity index (χ3v) is 6.30. The summed E-state index contributed by atoms with van der Waals surface area (Å²) in [5.41, 5.74) is 0.0356. The van der Waals surface area contributed by atoms with Gasteiger partial charge in [-0.1, -0.05) is 12.8 Å². The zero-order chi connectivity index (χ0) is 13.2. The topological polar surface area (TPSA) is 74.7 Å². The summed E-state index contributed by atoms with van der Waals surface area (Å²) in [6, 6.07) is 1.24. The average Bonchev–Trinajstić information content (AvgIpc) is 2.66. The lowest BCUT2D eigenvalue weighted by Gasteiger charge is -2.18. The minimum atomic E-state index is -3.51. The van der Waals surface area contributed by atoms with Crippen molar-refractivity contribution in [2.45, 2.75) is 29.9 Å². The molecule has 0 radical (unpaired) electrons. The van der Waals surface area contributed by atoms with Crippen LogP contribution in [0.3, 0.4) is 0 Å². The molecule has 0 unspecified atom stereocenters. The quantitative estimate of drug-likeness (QED) is 0.923. The Kier molecular flexibility index (Phi) is 4.04. The molecule has 1 aromatic heterocycles. The van der Waals surface area contributed by atoms with Crippen molar-refractivity contribution < 1.29 is 18.3 Å². The molecular weight excluding hydrogens is 274 g/mol. The van der Waals surface area contributed by atoms with E-state index in [0.717, 1.165) is 37.0 Å². The number of hydrogen-bond donors (Lipinski definition) is 1. The number of carbonyl (C=O) groups is 1. The van der Waals surface area contributed by atoms with Crippen molar-refractivity contribution in [3.8, 4) is 0 Å². The van der Waals surface area contributed by atoms with Gasteiger partial charge in [0.2, 0.25) is 0 Å². The van der Waals surface area contributed by atoms with Gasteiger partial charge in [-0.3, -0.25) is 0 Å². The van der Waals surface area contributed by atoms with E-state index < -0.39 is 16.0 Å². The van der Waals surface area contributed by atoms with E-state index in [1.54, 1.807) is 0 Å². The molecule has 0 bridgehead atoms. The predicted molar refractivity (Wildman–Crippen MR) is 68.5 cm³/mol. The molecule has 0 spiro atoms. The SMILES string of the molecule is O=C(O)c1csc(S(=O)(=O)N2CCCCCC2)c1. The van der Waals surface area contributed by atoms with Gasteiger partial charge in [-0.2, -0.15) is 4.31 Å². The van der Waals surface area contributed by atoms with Crippen LogP contribution in [-0.4, -0.2) is 36.9 Å². The lowest BCUT2D eigenvalue weighted by Crippen LogP contribution is -2.31. The van der Waals surface area contributed by atoms with Crippen LogP contribution in [0.5, 0.6) is 0 Å². The second-order valence-corrected chi connectivity index (χ2v) is 7.35. The molecule has 0 aromatic carbocycles. The second kappa shape index (κ2) is 5.38. The third kappa shape index (κ3) is 2.73. The van der Waals surface area contributed by atoms with E-state index in [-0.39, 0.29) is 9.77 Å². The minimum absolute atomic E-state index is 0.0356. The van der Waals surface area contributed by atoms with Crippen LogP contribution >= 0.6 is 11.3 Å². The summed E-state index contributed by atoms with van der Waals surface area (Å²) < 4.78 is 26.2. The third-order valence-electron chi connectivity index (χ3n) is 2.98. The first-order valence-electron chi connectivity index (χ1n) is 5.84. The molecule has 1 aromatic rings. The number of carboxylic acid groups (broad SMARTS) is 1. The summed E-state index contributed by atoms with van der Waals surface area (Å²) in [4.78, 5) is 10.8. The summed E-state index contributed by atoms with van der Waals surface area (Å²) in [7, 11) is -3.51. The number of thiophene rings is 1. The number of hydrogen-bond acceptors (Lipinski definition) is 4. The number of carboxylic acids is 1. The van der Waals surface area contributed by atoms with Crippen molar-refractivity contribution in [2.75, 3.05) is 13.1 Å². The lowest BCUT2D eigenvalue weighted by atomic mass is 10.2. The Bertz CT molecular complexity index is 527. The fourth-order valence-corrected chi connectivity index (χ4v) is 4.80. The Balaban J connectivity index is 2.25. The maximum Gasteiger partial charge on any atom is 0.336 e. The lowest BCUT2D eigenvalue weighted by molar-refractivity contribution is 0.0697. The minimum Gasteiger partial charge on any atom is -0.478 e. The van der Waals surface area contributed by atoms with Gasteiger partial charge < -0.3 is 5.11 Å². The van der Waals surface area contributed by atoms with Gasteiger partial charge in [-0.15, -0.1) is 11.3 Å². The second-order valence-electron chi connectivity index (χ2n) is 4.28. The maximum absolute atomic E-state index is 12.3. The van der Waals surface area contributed by atoms with Crippen LogP contribution < -0.4 is 0 Å². The van der Waals surface area contributed by atoms with Gasteiger partial charge in [-0.25, -0.2) is 13.2 Å². The summed E-state index contributed by atoms with van der Waals surface area (Å²) in [6.07, 6.45) is 3.85. The monoisotopic (exact) mass is 289 g/mol. The molecule has 1 N–H and O–H groups in total. The summed E-state index contributed by atoms with van der Waals surface area (Å²) >= 11 is 0.975. The molecule has 5 nitrogen and oxygen atoms in total. The van der Waals surface area contributed by atoms with Crippen molar-refractivity contribution >= 4 is 27.3 Å². The molecule has 2 rings (SSSR count). The van der Waals surface area contributed by atoms with E-state index in [4.69, 9.17) is 5.11 Å². The summed E-state index contributed by atoms with van der Waals surface area (Å²) in [5, 5.41) is 10.2. The van der Waals surface area contributed by atoms with Crippen molar-refractivity contribution in [1.29, 1.82) is 0 Å². The highest BCUT2D eigenvalue weighted by molar-refractivity contribution is 7.91. The maximum atomic E-state index is 12.3. The summed E-state index contributed by atoms with van der Waals surface area (Å²) in [5.74, 6) is -1.09. The van der Waals surface area contributed by atoms with Gasteiger partial charge in [0.05, 0.1) is 5.56 Å². The largest absolute Gasteiger partial charge is 0.478 e. The van der Waals surface area contributed by atoms with Crippen molar-refractivity contribution in [3.63, 3.8) is 0 Å². The van der Waals surface area contributed by atoms with Crippen LogP contribution in [0, 0.1) is 0 Å². The standard InChI is InChI=1S/C11H15NO4S2/c13-11(14)9-7-10(17-8-9)18(15,16)12-5-3-1-2-4-6-12/h7-8H,1-6H2,(H,13,14). The zero-order valence-electron chi connectivity index (χ0n) is 9.83. The summed E-state index contributed by atoms with van der Waals surface area (Å²) in [6.45, 7) is 1.06. The Hall–Kier alpha value is -0.920. The van der Waals surface area contributed by atoms with Gasteiger partial charge in [0.1, 0.15) is 4.21 Å². The van der Waals surface area contributed by atoms with Gasteiger partial charge >= 0.3 is 5.97 Å². The average molecular weight is 289 g/mol. The number of sulfonamides is 1. The van der Waals surface area contributed by atoms with Crippen LogP contribution in [0.25, 0.3) is 0 Å². The molecular formula is C11H15NO4S2. The van der Waals surface area contributed by atoms with E-state index in [1.165, 1.54) is 15.8 Å². The number of rotatable bonds is 3. The molecule has 7 heteroatoms. The molecule has 0 saturated carbocycles. The fraction of sp³-hybridized carbons (Fsp3) is 0.545. The molecule has 0 atom stereocenters. The Morgan fingerprint density at radius 2 is 1.83 bits per heavy atom. The molecule has 1 fully saturated rings. The zero-order valence-corrected chi connectivity index (χ0v) is 11.5. The van der Waals surface area contributed by atoms with E-state index in [2.05, 4.69) is 0 Å². The van der Waals surface area contributed by atoms with Crippen LogP contribution in [-0.2, 0) is 10.0 Å². The van der Waals surface area contributed by atoms with Gasteiger partial charge in [-0.05, 0) is 18.9 Å². The smallest absolute Gasteiger partial charge is 0.336 e. The molecule has 0 aliphatic carbocycles. The fourth-order valence-electron chi connectivity index (χ4n) is 1.97. The Morgan fingerprint density at radius 1 is 1.22 bits per heavy atom. The van der Waals surface area contributed by atoms with E-state index >= 15 is 0 Å². The van der Waals surface area contributed by atoms with E-state index in [1.807, 2.05) is 0 Å². The molecule has 1 saturated heterocycles. The number of aromatic carboxylic acids is 1. The molecule has 100 valence electrons. The van der Waals surface area contributed by atoms with Crippen LogP contribution in [0.2, 0.25) is 0 Å². The molecule has 18 heavy (non-hydrogen) atoms. The van der Waals surface area contributed by atoms with Crippen molar-refractivity contribution in [2.24, 2.45) is 0 Å². The molecule has 2 heterocycles. The first-order chi connectivity index (χ1) is 8.51. The van der Waals surface area contributed by atoms with Crippen molar-refractivity contribution in [1.82, 2.24) is 4.31 Å². The molecule has 1 aliphatic rings. The van der Waals surface area contributed by atoms with Gasteiger partial charge in [0.25, 0.3) is 10.0 Å². The molecule has 1 aliphatic heterocycles.